The maximum Gasteiger partial charge on any atom is 0.123 e. The Kier molecular flexibility index (Phi) is 4.71. The largest absolute Gasteiger partial charge is 0.496 e. The molecule has 0 saturated carbocycles. The van der Waals surface area contributed by atoms with Crippen LogP contribution in [0.3, 0.4) is 0 Å². The number of hydrogen-bond donors (Lipinski definition) is 1. The predicted octanol–water partition coefficient (Wildman–Crippen LogP) is 2.97. The number of nitrogens with zero attached hydrogens (tertiary/aromatic N) is 1. The highest BCUT2D eigenvalue weighted by atomic mass is 16.5. The zero-order valence-electron chi connectivity index (χ0n) is 13.5. The third-order valence-corrected chi connectivity index (χ3v) is 4.20. The molecule has 1 unspecified atom stereocenters. The third-order valence-electron chi connectivity index (χ3n) is 4.20. The number of benzene rings is 1. The van der Waals surface area contributed by atoms with Crippen molar-refractivity contribution in [3.8, 4) is 5.75 Å². The summed E-state index contributed by atoms with van der Waals surface area (Å²) >= 11 is 0. The summed E-state index contributed by atoms with van der Waals surface area (Å²) in [6, 6.07) is 7.03. The second-order valence-corrected chi connectivity index (χ2v) is 6.67. The highest BCUT2D eigenvalue weighted by Crippen LogP contribution is 2.25. The van der Waals surface area contributed by atoms with Crippen LogP contribution in [0.5, 0.6) is 5.75 Å². The molecule has 1 heterocycles. The van der Waals surface area contributed by atoms with E-state index in [0.717, 1.165) is 25.4 Å². The Morgan fingerprint density at radius 1 is 1.40 bits per heavy atom. The summed E-state index contributed by atoms with van der Waals surface area (Å²) in [5.41, 5.74) is 2.75. The first-order valence-electron chi connectivity index (χ1n) is 7.54. The zero-order valence-corrected chi connectivity index (χ0v) is 13.5. The Morgan fingerprint density at radius 3 is 2.85 bits per heavy atom. The minimum absolute atomic E-state index is 0.168. The topological polar surface area (TPSA) is 24.5 Å². The Morgan fingerprint density at radius 2 is 2.15 bits per heavy atom. The second-order valence-electron chi connectivity index (χ2n) is 6.67. The van der Waals surface area contributed by atoms with E-state index in [2.05, 4.69) is 56.1 Å². The lowest BCUT2D eigenvalue weighted by Gasteiger charge is -2.33. The molecule has 1 fully saturated rings. The van der Waals surface area contributed by atoms with Gasteiger partial charge in [-0.1, -0.05) is 17.7 Å². The second kappa shape index (κ2) is 6.15. The van der Waals surface area contributed by atoms with Crippen LogP contribution >= 0.6 is 0 Å². The fraction of sp³-hybridized carbons (Fsp3) is 0.647. The first kappa shape index (κ1) is 15.3. The molecule has 0 amide bonds. The van der Waals surface area contributed by atoms with Gasteiger partial charge in [-0.05, 0) is 46.7 Å². The van der Waals surface area contributed by atoms with E-state index in [-0.39, 0.29) is 5.54 Å². The summed E-state index contributed by atoms with van der Waals surface area (Å²) in [5, 5.41) is 3.63. The van der Waals surface area contributed by atoms with E-state index >= 15 is 0 Å². The number of nitrogens with one attached hydrogen (secondary N) is 1. The van der Waals surface area contributed by atoms with Gasteiger partial charge in [0.1, 0.15) is 5.75 Å². The number of rotatable bonds is 3. The van der Waals surface area contributed by atoms with Crippen molar-refractivity contribution in [3.05, 3.63) is 29.3 Å². The summed E-state index contributed by atoms with van der Waals surface area (Å²) in [5.74, 6) is 0.998. The summed E-state index contributed by atoms with van der Waals surface area (Å²) in [6.45, 7) is 12.1. The molecular weight excluding hydrogens is 248 g/mol. The first-order valence-corrected chi connectivity index (χ1v) is 7.54. The van der Waals surface area contributed by atoms with Crippen LogP contribution in [0, 0.1) is 6.92 Å². The zero-order chi connectivity index (χ0) is 14.8. The van der Waals surface area contributed by atoms with Crippen LogP contribution in [0.25, 0.3) is 0 Å². The highest BCUT2D eigenvalue weighted by Gasteiger charge is 2.28. The van der Waals surface area contributed by atoms with E-state index in [4.69, 9.17) is 4.74 Å². The van der Waals surface area contributed by atoms with Gasteiger partial charge in [-0.3, -0.25) is 4.90 Å². The minimum Gasteiger partial charge on any atom is -0.496 e. The van der Waals surface area contributed by atoms with Crippen LogP contribution in [0.4, 0.5) is 0 Å². The van der Waals surface area contributed by atoms with Gasteiger partial charge in [-0.2, -0.15) is 0 Å². The molecule has 1 N–H and O–H groups in total. The van der Waals surface area contributed by atoms with Gasteiger partial charge in [-0.15, -0.1) is 0 Å². The predicted molar refractivity (Wildman–Crippen MR) is 84.3 cm³/mol. The van der Waals surface area contributed by atoms with Gasteiger partial charge in [0.2, 0.25) is 0 Å². The van der Waals surface area contributed by atoms with Crippen molar-refractivity contribution in [2.75, 3.05) is 20.2 Å². The Hall–Kier alpha value is -1.06. The van der Waals surface area contributed by atoms with Crippen molar-refractivity contribution in [1.82, 2.24) is 10.2 Å². The molecule has 112 valence electrons. The molecular formula is C17H28N2O. The van der Waals surface area contributed by atoms with Crippen LogP contribution < -0.4 is 10.1 Å². The molecule has 1 aliphatic rings. The van der Waals surface area contributed by atoms with E-state index in [1.54, 1.807) is 7.11 Å². The van der Waals surface area contributed by atoms with E-state index in [9.17, 15) is 0 Å². The summed E-state index contributed by atoms with van der Waals surface area (Å²) in [7, 11) is 1.76. The number of aryl methyl sites for hydroxylation is 1. The quantitative estimate of drug-likeness (QED) is 0.918. The summed E-state index contributed by atoms with van der Waals surface area (Å²) in [6.07, 6.45) is 1.19. The van der Waals surface area contributed by atoms with Gasteiger partial charge >= 0.3 is 0 Å². The van der Waals surface area contributed by atoms with Crippen molar-refractivity contribution in [1.29, 1.82) is 0 Å². The molecule has 1 aliphatic heterocycles. The fourth-order valence-corrected chi connectivity index (χ4v) is 2.98. The van der Waals surface area contributed by atoms with Gasteiger partial charge in [0.15, 0.2) is 0 Å². The molecule has 0 aliphatic carbocycles. The van der Waals surface area contributed by atoms with Crippen LogP contribution in [0.15, 0.2) is 18.2 Å². The normalized spacial score (nSPS) is 23.4. The molecule has 20 heavy (non-hydrogen) atoms. The van der Waals surface area contributed by atoms with Gasteiger partial charge < -0.3 is 10.1 Å². The smallest absolute Gasteiger partial charge is 0.123 e. The first-order chi connectivity index (χ1) is 9.41. The van der Waals surface area contributed by atoms with Crippen LogP contribution in [-0.2, 0) is 6.54 Å². The van der Waals surface area contributed by atoms with Gasteiger partial charge in [0.05, 0.1) is 7.11 Å². The lowest BCUT2D eigenvalue weighted by atomic mass is 10.0. The average molecular weight is 276 g/mol. The van der Waals surface area contributed by atoms with E-state index in [0.29, 0.717) is 6.04 Å². The average Bonchev–Trinajstić information content (AvgIpc) is 2.49. The molecule has 1 atom stereocenters. The van der Waals surface area contributed by atoms with E-state index < -0.39 is 0 Å². The van der Waals surface area contributed by atoms with Crippen LogP contribution in [0.1, 0.15) is 38.3 Å². The lowest BCUT2D eigenvalue weighted by Crippen LogP contribution is -2.47. The molecule has 3 nitrogen and oxygen atoms in total. The van der Waals surface area contributed by atoms with Gasteiger partial charge in [0.25, 0.3) is 0 Å². The van der Waals surface area contributed by atoms with E-state index in [1.807, 2.05) is 0 Å². The van der Waals surface area contributed by atoms with Crippen molar-refractivity contribution in [2.45, 2.75) is 52.2 Å². The standard InChI is InChI=1S/C17H28N2O/c1-13-6-7-16(20-5)15(10-13)11-19-12-17(3,4)18-9-8-14(19)2/h6-7,10,14,18H,8-9,11-12H2,1-5H3. The molecule has 0 aromatic heterocycles. The SMILES string of the molecule is COc1ccc(C)cc1CN1CC(C)(C)NCCC1C. The maximum absolute atomic E-state index is 5.52. The Bertz CT molecular complexity index is 456. The summed E-state index contributed by atoms with van der Waals surface area (Å²) < 4.78 is 5.52. The molecule has 1 aromatic rings. The number of hydrogen-bond acceptors (Lipinski definition) is 3. The molecule has 3 heteroatoms. The van der Waals surface area contributed by atoms with Gasteiger partial charge in [0, 0.05) is 30.2 Å². The monoisotopic (exact) mass is 276 g/mol. The molecule has 2 rings (SSSR count). The van der Waals surface area contributed by atoms with Crippen molar-refractivity contribution >= 4 is 0 Å². The lowest BCUT2D eigenvalue weighted by molar-refractivity contribution is 0.171. The minimum atomic E-state index is 0.168. The highest BCUT2D eigenvalue weighted by molar-refractivity contribution is 5.36. The summed E-state index contributed by atoms with van der Waals surface area (Å²) in [4.78, 5) is 2.57. The molecule has 1 aromatic carbocycles. The molecule has 1 saturated heterocycles. The van der Waals surface area contributed by atoms with Crippen LogP contribution in [0.2, 0.25) is 0 Å². The molecule has 0 bridgehead atoms. The number of ether oxygens (including phenoxy) is 1. The van der Waals surface area contributed by atoms with Crippen LogP contribution in [-0.4, -0.2) is 36.7 Å². The number of methoxy groups -OCH3 is 1. The molecule has 0 radical (unpaired) electrons. The third kappa shape index (κ3) is 3.74. The Labute approximate surface area is 123 Å². The fourth-order valence-electron chi connectivity index (χ4n) is 2.98. The van der Waals surface area contributed by atoms with Gasteiger partial charge in [-0.25, -0.2) is 0 Å². The Balaban J connectivity index is 2.20. The van der Waals surface area contributed by atoms with Crippen molar-refractivity contribution in [2.24, 2.45) is 0 Å². The maximum atomic E-state index is 5.52. The van der Waals surface area contributed by atoms with Crippen molar-refractivity contribution in [3.63, 3.8) is 0 Å². The molecule has 0 spiro atoms. The van der Waals surface area contributed by atoms with Crippen molar-refractivity contribution < 1.29 is 4.74 Å². The van der Waals surface area contributed by atoms with E-state index in [1.165, 1.54) is 17.5 Å².